The van der Waals surface area contributed by atoms with Gasteiger partial charge in [0.25, 0.3) is 0 Å². The molecule has 222 valence electrons. The maximum absolute atomic E-state index is 14.9. The van der Waals surface area contributed by atoms with Gasteiger partial charge in [-0.2, -0.15) is 0 Å². The number of hydrogen-bond acceptors (Lipinski definition) is 8. The first-order chi connectivity index (χ1) is 20.0. The van der Waals surface area contributed by atoms with Crippen molar-refractivity contribution >= 4 is 32.4 Å². The van der Waals surface area contributed by atoms with E-state index in [1.54, 1.807) is 49.6 Å². The van der Waals surface area contributed by atoms with E-state index in [1.165, 1.54) is 6.07 Å². The average Bonchev–Trinajstić information content (AvgIpc) is 2.95. The van der Waals surface area contributed by atoms with Crippen LogP contribution in [0.4, 0.5) is 24.8 Å². The van der Waals surface area contributed by atoms with Gasteiger partial charge >= 0.3 is 0 Å². The Kier molecular flexibility index (Phi) is 8.50. The number of rotatable bonds is 10. The zero-order chi connectivity index (χ0) is 29.9. The number of anilines is 2. The number of aromatic nitrogens is 3. The highest BCUT2D eigenvalue weighted by Gasteiger charge is 2.26. The second-order valence-corrected chi connectivity index (χ2v) is 12.2. The Bertz CT molecular complexity index is 1690. The van der Waals surface area contributed by atoms with Gasteiger partial charge < -0.3 is 15.4 Å². The SMILES string of the molecule is Cc1ccc2c(NS(=O)(=O)CCC(C)(F)F)c(F)ccc2c1Oc1ncccc1-c1ccnc(NC2CCCNC2)n1. The fourth-order valence-corrected chi connectivity index (χ4v) is 5.97. The van der Waals surface area contributed by atoms with E-state index in [0.717, 1.165) is 32.0 Å². The molecule has 1 unspecified atom stereocenters. The van der Waals surface area contributed by atoms with Gasteiger partial charge in [0.15, 0.2) is 0 Å². The van der Waals surface area contributed by atoms with Gasteiger partial charge in [-0.15, -0.1) is 0 Å². The van der Waals surface area contributed by atoms with Crippen LogP contribution < -0.4 is 20.1 Å². The van der Waals surface area contributed by atoms with Gasteiger partial charge in [-0.1, -0.05) is 12.1 Å². The molecule has 3 N–H and O–H groups in total. The summed E-state index contributed by atoms with van der Waals surface area (Å²) in [5.74, 6) is -3.87. The third-order valence-electron chi connectivity index (χ3n) is 6.90. The molecular weight excluding hydrogens is 569 g/mol. The number of piperidine rings is 1. The predicted octanol–water partition coefficient (Wildman–Crippen LogP) is 5.88. The molecule has 2 aromatic heterocycles. The summed E-state index contributed by atoms with van der Waals surface area (Å²) < 4.78 is 75.1. The predicted molar refractivity (Wildman–Crippen MR) is 156 cm³/mol. The highest BCUT2D eigenvalue weighted by molar-refractivity contribution is 7.92. The minimum Gasteiger partial charge on any atom is -0.437 e. The number of ether oxygens (including phenoxy) is 1. The number of aryl methyl sites for hydroxylation is 1. The topological polar surface area (TPSA) is 118 Å². The molecule has 0 radical (unpaired) electrons. The van der Waals surface area contributed by atoms with E-state index in [9.17, 15) is 21.6 Å². The fraction of sp³-hybridized carbons (Fsp3) is 0.345. The smallest absolute Gasteiger partial charge is 0.246 e. The molecule has 4 aromatic rings. The number of benzene rings is 2. The second kappa shape index (κ2) is 12.1. The van der Waals surface area contributed by atoms with E-state index in [2.05, 4.69) is 30.3 Å². The Hall–Kier alpha value is -3.97. The minimum absolute atomic E-state index is 0.203. The van der Waals surface area contributed by atoms with Crippen molar-refractivity contribution in [1.82, 2.24) is 20.3 Å². The standard InChI is InChI=1S/C29H31F3N6O3S/c1-18-7-8-20-21(9-10-23(30)25(20)38-42(39,40)16-12-29(2,31)32)26(18)41-27-22(6-4-14-34-27)24-11-15-35-28(37-24)36-19-5-3-13-33-17-19/h4,6-11,14-15,19,33,38H,3,5,12-13,16-17H2,1-2H3,(H,35,36,37). The van der Waals surface area contributed by atoms with Crippen molar-refractivity contribution in [3.63, 3.8) is 0 Å². The van der Waals surface area contributed by atoms with Crippen LogP contribution in [0.15, 0.2) is 54.9 Å². The Morgan fingerprint density at radius 1 is 1.10 bits per heavy atom. The van der Waals surface area contributed by atoms with Crippen molar-refractivity contribution in [1.29, 1.82) is 0 Å². The van der Waals surface area contributed by atoms with Crippen LogP contribution >= 0.6 is 0 Å². The zero-order valence-corrected chi connectivity index (χ0v) is 23.9. The lowest BCUT2D eigenvalue weighted by atomic mass is 10.0. The minimum atomic E-state index is -4.27. The molecule has 1 atom stereocenters. The third-order valence-corrected chi connectivity index (χ3v) is 8.15. The summed E-state index contributed by atoms with van der Waals surface area (Å²) in [6.07, 6.45) is 4.38. The molecule has 2 aromatic carbocycles. The van der Waals surface area contributed by atoms with E-state index in [0.29, 0.717) is 40.8 Å². The first-order valence-corrected chi connectivity index (χ1v) is 15.2. The van der Waals surface area contributed by atoms with Crippen molar-refractivity contribution in [3.8, 4) is 22.9 Å². The molecule has 0 bridgehead atoms. The number of nitrogens with zero attached hydrogens (tertiary/aromatic N) is 3. The largest absolute Gasteiger partial charge is 0.437 e. The summed E-state index contributed by atoms with van der Waals surface area (Å²) in [6.45, 7) is 4.23. The van der Waals surface area contributed by atoms with Gasteiger partial charge in [0.2, 0.25) is 27.8 Å². The maximum atomic E-state index is 14.9. The molecule has 9 nitrogen and oxygen atoms in total. The molecule has 0 spiro atoms. The van der Waals surface area contributed by atoms with E-state index in [1.807, 2.05) is 0 Å². The van der Waals surface area contributed by atoms with Gasteiger partial charge in [-0.3, -0.25) is 4.72 Å². The van der Waals surface area contributed by atoms with Crippen molar-refractivity contribution in [2.24, 2.45) is 0 Å². The Labute approximate surface area is 242 Å². The highest BCUT2D eigenvalue weighted by atomic mass is 32.2. The van der Waals surface area contributed by atoms with E-state index in [-0.39, 0.29) is 23.0 Å². The van der Waals surface area contributed by atoms with Crippen molar-refractivity contribution < 1.29 is 26.3 Å². The lowest BCUT2D eigenvalue weighted by Crippen LogP contribution is -2.38. The van der Waals surface area contributed by atoms with E-state index < -0.39 is 33.9 Å². The van der Waals surface area contributed by atoms with E-state index >= 15 is 0 Å². The molecule has 0 saturated carbocycles. The summed E-state index contributed by atoms with van der Waals surface area (Å²) in [6, 6.07) is 11.3. The quantitative estimate of drug-likeness (QED) is 0.207. The number of sulfonamides is 1. The van der Waals surface area contributed by atoms with Crippen LogP contribution in [-0.4, -0.2) is 54.2 Å². The number of alkyl halides is 2. The molecule has 5 rings (SSSR count). The van der Waals surface area contributed by atoms with Gasteiger partial charge in [0, 0.05) is 42.2 Å². The van der Waals surface area contributed by atoms with Crippen molar-refractivity contribution in [2.75, 3.05) is 28.9 Å². The maximum Gasteiger partial charge on any atom is 0.246 e. The normalized spacial score (nSPS) is 15.9. The first kappa shape index (κ1) is 29.5. The fourth-order valence-electron chi connectivity index (χ4n) is 4.72. The van der Waals surface area contributed by atoms with Crippen molar-refractivity contribution in [3.05, 3.63) is 66.2 Å². The summed E-state index contributed by atoms with van der Waals surface area (Å²) in [5.41, 5.74) is 1.50. The Morgan fingerprint density at radius 2 is 1.90 bits per heavy atom. The lowest BCUT2D eigenvalue weighted by Gasteiger charge is -2.23. The van der Waals surface area contributed by atoms with Crippen molar-refractivity contribution in [2.45, 2.75) is 45.1 Å². The van der Waals surface area contributed by atoms with Gasteiger partial charge in [0.05, 0.1) is 22.7 Å². The third kappa shape index (κ3) is 7.08. The molecule has 1 fully saturated rings. The van der Waals surface area contributed by atoms with Crippen LogP contribution in [0.1, 0.15) is 31.7 Å². The van der Waals surface area contributed by atoms with E-state index in [4.69, 9.17) is 4.74 Å². The summed E-state index contributed by atoms with van der Waals surface area (Å²) in [5, 5.41) is 7.32. The zero-order valence-electron chi connectivity index (χ0n) is 23.1. The van der Waals surface area contributed by atoms with Crippen LogP contribution in [0.2, 0.25) is 0 Å². The molecule has 0 amide bonds. The van der Waals surface area contributed by atoms with Gasteiger partial charge in [0.1, 0.15) is 11.6 Å². The molecule has 42 heavy (non-hydrogen) atoms. The summed E-state index contributed by atoms with van der Waals surface area (Å²) in [7, 11) is -4.27. The van der Waals surface area contributed by atoms with Crippen LogP contribution in [0, 0.1) is 12.7 Å². The van der Waals surface area contributed by atoms with Crippen LogP contribution in [-0.2, 0) is 10.0 Å². The number of fused-ring (bicyclic) bond motifs is 1. The van der Waals surface area contributed by atoms with Gasteiger partial charge in [-0.25, -0.2) is 36.5 Å². The molecule has 3 heterocycles. The number of hydrogen-bond donors (Lipinski definition) is 3. The molecule has 13 heteroatoms. The Morgan fingerprint density at radius 3 is 2.67 bits per heavy atom. The van der Waals surface area contributed by atoms with Crippen LogP contribution in [0.25, 0.3) is 22.0 Å². The first-order valence-electron chi connectivity index (χ1n) is 13.5. The molecule has 1 aliphatic heterocycles. The monoisotopic (exact) mass is 600 g/mol. The Balaban J connectivity index is 1.48. The second-order valence-electron chi connectivity index (χ2n) is 10.4. The molecular formula is C29H31F3N6O3S. The van der Waals surface area contributed by atoms with Crippen LogP contribution in [0.3, 0.4) is 0 Å². The number of halogens is 3. The molecule has 1 saturated heterocycles. The van der Waals surface area contributed by atoms with Gasteiger partial charge in [-0.05, 0) is 69.1 Å². The average molecular weight is 601 g/mol. The molecule has 1 aliphatic rings. The highest BCUT2D eigenvalue weighted by Crippen LogP contribution is 2.39. The summed E-state index contributed by atoms with van der Waals surface area (Å²) >= 11 is 0. The lowest BCUT2D eigenvalue weighted by molar-refractivity contribution is 0.0189. The molecule has 0 aliphatic carbocycles. The summed E-state index contributed by atoms with van der Waals surface area (Å²) in [4.78, 5) is 13.5. The number of nitrogens with one attached hydrogen (secondary N) is 3. The van der Waals surface area contributed by atoms with Crippen LogP contribution in [0.5, 0.6) is 11.6 Å². The number of pyridine rings is 1.